The number of hydrogen-bond acceptors (Lipinski definition) is 4. The summed E-state index contributed by atoms with van der Waals surface area (Å²) in [5.74, 6) is 1.14. The minimum atomic E-state index is 0.426. The molecule has 3 atom stereocenters. The molecule has 4 rings (SSSR count). The van der Waals surface area contributed by atoms with Gasteiger partial charge in [0.1, 0.15) is 5.76 Å². The minimum Gasteiger partial charge on any atom is -0.468 e. The van der Waals surface area contributed by atoms with Crippen molar-refractivity contribution < 1.29 is 4.42 Å². The Balaban J connectivity index is 1.38. The largest absolute Gasteiger partial charge is 0.468 e. The van der Waals surface area contributed by atoms with Crippen LogP contribution in [0.15, 0.2) is 22.8 Å². The number of nitrogens with zero attached hydrogens (tertiary/aromatic N) is 1. The molecule has 0 aliphatic carbocycles. The molecule has 0 saturated carbocycles. The summed E-state index contributed by atoms with van der Waals surface area (Å²) < 4.78 is 5.72. The summed E-state index contributed by atoms with van der Waals surface area (Å²) in [6.07, 6.45) is 10.1. The van der Waals surface area contributed by atoms with Gasteiger partial charge in [-0.15, -0.1) is 0 Å². The molecule has 4 heteroatoms. The number of likely N-dealkylation sites (tertiary alicyclic amines) is 1. The Morgan fingerprint density at radius 3 is 2.67 bits per heavy atom. The zero-order valence-corrected chi connectivity index (χ0v) is 13.5. The van der Waals surface area contributed by atoms with Crippen molar-refractivity contribution in [3.63, 3.8) is 0 Å². The van der Waals surface area contributed by atoms with Gasteiger partial charge in [0.15, 0.2) is 0 Å². The SMILES string of the molecule is c1coc(C(CNC2CC3CCC(C2)S3)N2CCCC2)c1. The zero-order chi connectivity index (χ0) is 14.1. The molecule has 3 fully saturated rings. The lowest BCUT2D eigenvalue weighted by atomic mass is 10.1. The van der Waals surface area contributed by atoms with E-state index in [1.165, 1.54) is 51.6 Å². The molecule has 0 radical (unpaired) electrons. The number of rotatable bonds is 5. The Hall–Kier alpha value is -0.450. The summed E-state index contributed by atoms with van der Waals surface area (Å²) >= 11 is 2.24. The summed E-state index contributed by atoms with van der Waals surface area (Å²) in [7, 11) is 0. The normalized spacial score (nSPS) is 34.4. The van der Waals surface area contributed by atoms with Gasteiger partial charge in [-0.05, 0) is 63.7 Å². The van der Waals surface area contributed by atoms with Crippen molar-refractivity contribution in [2.24, 2.45) is 0 Å². The summed E-state index contributed by atoms with van der Waals surface area (Å²) in [6.45, 7) is 3.49. The highest BCUT2D eigenvalue weighted by Gasteiger charge is 2.35. The van der Waals surface area contributed by atoms with Crippen molar-refractivity contribution in [1.29, 1.82) is 0 Å². The van der Waals surface area contributed by atoms with Gasteiger partial charge in [0.2, 0.25) is 0 Å². The molecule has 1 aromatic heterocycles. The predicted molar refractivity (Wildman–Crippen MR) is 87.7 cm³/mol. The predicted octanol–water partition coefficient (Wildman–Crippen LogP) is 3.43. The van der Waals surface area contributed by atoms with Crippen LogP contribution < -0.4 is 5.32 Å². The molecule has 3 nitrogen and oxygen atoms in total. The van der Waals surface area contributed by atoms with Crippen molar-refractivity contribution in [2.45, 2.75) is 61.1 Å². The van der Waals surface area contributed by atoms with Gasteiger partial charge in [-0.1, -0.05) is 0 Å². The highest BCUT2D eigenvalue weighted by Crippen LogP contribution is 2.43. The minimum absolute atomic E-state index is 0.426. The van der Waals surface area contributed by atoms with Crippen LogP contribution in [0.1, 0.15) is 50.3 Å². The van der Waals surface area contributed by atoms with Crippen molar-refractivity contribution in [3.05, 3.63) is 24.2 Å². The highest BCUT2D eigenvalue weighted by atomic mass is 32.2. The fourth-order valence-electron chi connectivity index (χ4n) is 4.25. The van der Waals surface area contributed by atoms with Crippen LogP contribution in [0, 0.1) is 0 Å². The molecule has 116 valence electrons. The zero-order valence-electron chi connectivity index (χ0n) is 12.7. The molecule has 1 N–H and O–H groups in total. The lowest BCUT2D eigenvalue weighted by molar-refractivity contribution is 0.202. The van der Waals surface area contributed by atoms with Crippen LogP contribution in [0.3, 0.4) is 0 Å². The van der Waals surface area contributed by atoms with Crippen molar-refractivity contribution in [3.8, 4) is 0 Å². The average Bonchev–Trinajstić information content (AvgIpc) is 3.22. The second-order valence-corrected chi connectivity index (χ2v) is 8.41. The van der Waals surface area contributed by atoms with Gasteiger partial charge >= 0.3 is 0 Å². The molecule has 4 heterocycles. The monoisotopic (exact) mass is 306 g/mol. The Morgan fingerprint density at radius 1 is 1.24 bits per heavy atom. The molecule has 0 aromatic carbocycles. The van der Waals surface area contributed by atoms with Crippen LogP contribution >= 0.6 is 11.8 Å². The first kappa shape index (κ1) is 14.2. The molecule has 1 aromatic rings. The smallest absolute Gasteiger partial charge is 0.122 e. The first-order chi connectivity index (χ1) is 10.4. The number of thioether (sulfide) groups is 1. The van der Waals surface area contributed by atoms with E-state index in [2.05, 4.69) is 28.0 Å². The molecular weight excluding hydrogens is 280 g/mol. The van der Waals surface area contributed by atoms with E-state index in [9.17, 15) is 0 Å². The van der Waals surface area contributed by atoms with E-state index in [1.807, 2.05) is 12.3 Å². The van der Waals surface area contributed by atoms with Crippen molar-refractivity contribution >= 4 is 11.8 Å². The van der Waals surface area contributed by atoms with Crippen LogP contribution in [0.5, 0.6) is 0 Å². The van der Waals surface area contributed by atoms with E-state index < -0.39 is 0 Å². The quantitative estimate of drug-likeness (QED) is 0.902. The number of nitrogens with one attached hydrogen (secondary N) is 1. The van der Waals surface area contributed by atoms with Crippen LogP contribution in [0.25, 0.3) is 0 Å². The molecule has 0 spiro atoms. The Labute approximate surface area is 131 Å². The third kappa shape index (κ3) is 3.17. The fraction of sp³-hybridized carbons (Fsp3) is 0.765. The first-order valence-corrected chi connectivity index (χ1v) is 9.49. The molecular formula is C17H26N2OS. The van der Waals surface area contributed by atoms with Gasteiger partial charge in [0.05, 0.1) is 12.3 Å². The fourth-order valence-corrected chi connectivity index (χ4v) is 6.02. The van der Waals surface area contributed by atoms with Crippen LogP contribution in [0.2, 0.25) is 0 Å². The highest BCUT2D eigenvalue weighted by molar-refractivity contribution is 8.00. The third-order valence-electron chi connectivity index (χ3n) is 5.34. The van der Waals surface area contributed by atoms with E-state index >= 15 is 0 Å². The van der Waals surface area contributed by atoms with Gasteiger partial charge < -0.3 is 9.73 Å². The Morgan fingerprint density at radius 2 is 2.00 bits per heavy atom. The number of hydrogen-bond donors (Lipinski definition) is 1. The standard InChI is InChI=1S/C17H26N2OS/c1-2-8-19(7-1)16(17-4-3-9-20-17)12-18-13-10-14-5-6-15(11-13)21-14/h3-4,9,13-16,18H,1-2,5-8,10-12H2. The van der Waals surface area contributed by atoms with Crippen molar-refractivity contribution in [2.75, 3.05) is 19.6 Å². The van der Waals surface area contributed by atoms with Gasteiger partial charge in [0, 0.05) is 23.1 Å². The molecule has 3 saturated heterocycles. The molecule has 21 heavy (non-hydrogen) atoms. The average molecular weight is 306 g/mol. The van der Waals surface area contributed by atoms with Gasteiger partial charge in [-0.3, -0.25) is 4.90 Å². The Bertz CT molecular complexity index is 432. The maximum atomic E-state index is 5.72. The van der Waals surface area contributed by atoms with E-state index in [4.69, 9.17) is 4.42 Å². The summed E-state index contributed by atoms with van der Waals surface area (Å²) in [4.78, 5) is 2.60. The maximum Gasteiger partial charge on any atom is 0.122 e. The number of fused-ring (bicyclic) bond motifs is 2. The summed E-state index contributed by atoms with van der Waals surface area (Å²) in [5.41, 5.74) is 0. The molecule has 0 amide bonds. The van der Waals surface area contributed by atoms with E-state index in [0.717, 1.165) is 28.8 Å². The second kappa shape index (κ2) is 6.35. The van der Waals surface area contributed by atoms with Gasteiger partial charge in [-0.25, -0.2) is 0 Å². The molecule has 3 unspecified atom stereocenters. The van der Waals surface area contributed by atoms with E-state index in [1.54, 1.807) is 0 Å². The van der Waals surface area contributed by atoms with E-state index in [-0.39, 0.29) is 0 Å². The first-order valence-electron chi connectivity index (χ1n) is 8.55. The Kier molecular flexibility index (Phi) is 4.28. The summed E-state index contributed by atoms with van der Waals surface area (Å²) in [6, 6.07) is 5.32. The second-order valence-electron chi connectivity index (χ2n) is 6.81. The van der Waals surface area contributed by atoms with Crippen LogP contribution in [0.4, 0.5) is 0 Å². The lowest BCUT2D eigenvalue weighted by Gasteiger charge is -2.32. The van der Waals surface area contributed by atoms with E-state index in [0.29, 0.717) is 6.04 Å². The third-order valence-corrected chi connectivity index (χ3v) is 6.97. The lowest BCUT2D eigenvalue weighted by Crippen LogP contribution is -2.41. The topological polar surface area (TPSA) is 28.4 Å². The van der Waals surface area contributed by atoms with Gasteiger partial charge in [-0.2, -0.15) is 11.8 Å². The van der Waals surface area contributed by atoms with Crippen molar-refractivity contribution in [1.82, 2.24) is 10.2 Å². The van der Waals surface area contributed by atoms with Crippen LogP contribution in [-0.4, -0.2) is 41.1 Å². The number of furan rings is 1. The maximum absolute atomic E-state index is 5.72. The summed E-state index contributed by atoms with van der Waals surface area (Å²) in [5, 5.41) is 5.72. The molecule has 3 aliphatic heterocycles. The van der Waals surface area contributed by atoms with Crippen LogP contribution in [-0.2, 0) is 0 Å². The van der Waals surface area contributed by atoms with Gasteiger partial charge in [0.25, 0.3) is 0 Å². The molecule has 3 aliphatic rings. The molecule has 2 bridgehead atoms.